The van der Waals surface area contributed by atoms with Crippen LogP contribution in [0.1, 0.15) is 25.7 Å². The van der Waals surface area contributed by atoms with Crippen molar-refractivity contribution in [3.63, 3.8) is 0 Å². The molecule has 1 aliphatic carbocycles. The highest BCUT2D eigenvalue weighted by Crippen LogP contribution is 2.33. The van der Waals surface area contributed by atoms with Crippen molar-refractivity contribution in [2.24, 2.45) is 5.92 Å². The Morgan fingerprint density at radius 1 is 1.36 bits per heavy atom. The fraction of sp³-hybridized carbons (Fsp3) is 1.00. The third-order valence-corrected chi connectivity index (χ3v) is 3.04. The van der Waals surface area contributed by atoms with Crippen LogP contribution in [0.5, 0.6) is 0 Å². The molecule has 0 radical (unpaired) electrons. The summed E-state index contributed by atoms with van der Waals surface area (Å²) < 4.78 is 5.59. The molecule has 2 fully saturated rings. The minimum Gasteiger partial charge on any atom is -0.374 e. The van der Waals surface area contributed by atoms with Crippen LogP contribution >= 0.6 is 0 Å². The number of ether oxygens (including phenoxy) is 1. The Morgan fingerprint density at radius 2 is 2.29 bits per heavy atom. The van der Waals surface area contributed by atoms with E-state index in [0.717, 1.165) is 38.7 Å². The average molecular weight is 198 g/mol. The zero-order valence-electron chi connectivity index (χ0n) is 8.93. The van der Waals surface area contributed by atoms with E-state index < -0.39 is 0 Å². The van der Waals surface area contributed by atoms with E-state index >= 15 is 0 Å². The van der Waals surface area contributed by atoms with Crippen LogP contribution in [-0.4, -0.2) is 38.9 Å². The van der Waals surface area contributed by atoms with Crippen LogP contribution in [0.2, 0.25) is 0 Å². The number of morpholine rings is 1. The Morgan fingerprint density at radius 3 is 3.00 bits per heavy atom. The predicted molar refractivity (Wildman–Crippen MR) is 57.4 cm³/mol. The summed E-state index contributed by atoms with van der Waals surface area (Å²) in [5, 5.41) is 6.81. The van der Waals surface area contributed by atoms with E-state index in [4.69, 9.17) is 4.74 Å². The van der Waals surface area contributed by atoms with Crippen molar-refractivity contribution in [3.8, 4) is 0 Å². The molecule has 0 aromatic heterocycles. The van der Waals surface area contributed by atoms with Crippen LogP contribution in [0.3, 0.4) is 0 Å². The van der Waals surface area contributed by atoms with Gasteiger partial charge in [0, 0.05) is 19.6 Å². The number of rotatable bonds is 6. The first-order chi connectivity index (χ1) is 6.95. The van der Waals surface area contributed by atoms with Crippen molar-refractivity contribution in [1.82, 2.24) is 10.6 Å². The first-order valence-corrected chi connectivity index (χ1v) is 5.98. The lowest BCUT2D eigenvalue weighted by atomic mass is 10.2. The van der Waals surface area contributed by atoms with Crippen molar-refractivity contribution < 1.29 is 4.74 Å². The predicted octanol–water partition coefficient (Wildman–Crippen LogP) is 0.755. The van der Waals surface area contributed by atoms with Gasteiger partial charge in [-0.1, -0.05) is 12.8 Å². The van der Waals surface area contributed by atoms with E-state index in [1.807, 2.05) is 0 Å². The standard InChI is InChI=1S/C11H22N2O/c1(2-10-3-4-10)5-12-8-11-9-13-6-7-14-11/h10-13H,1-9H2. The van der Waals surface area contributed by atoms with Gasteiger partial charge >= 0.3 is 0 Å². The highest BCUT2D eigenvalue weighted by molar-refractivity contribution is 4.74. The van der Waals surface area contributed by atoms with E-state index in [2.05, 4.69) is 10.6 Å². The van der Waals surface area contributed by atoms with Crippen LogP contribution < -0.4 is 10.6 Å². The Kier molecular flexibility index (Phi) is 4.22. The molecule has 2 N–H and O–H groups in total. The maximum atomic E-state index is 5.59. The summed E-state index contributed by atoms with van der Waals surface area (Å²) in [5.41, 5.74) is 0. The van der Waals surface area contributed by atoms with Crippen molar-refractivity contribution in [2.45, 2.75) is 31.8 Å². The molecule has 1 atom stereocenters. The smallest absolute Gasteiger partial charge is 0.0824 e. The molecule has 1 unspecified atom stereocenters. The molecule has 1 heterocycles. The third kappa shape index (κ3) is 3.95. The van der Waals surface area contributed by atoms with Gasteiger partial charge in [-0.25, -0.2) is 0 Å². The van der Waals surface area contributed by atoms with Gasteiger partial charge in [0.2, 0.25) is 0 Å². The molecule has 1 saturated carbocycles. The molecule has 0 spiro atoms. The molecule has 0 bridgehead atoms. The van der Waals surface area contributed by atoms with Crippen LogP contribution in [0.4, 0.5) is 0 Å². The van der Waals surface area contributed by atoms with Gasteiger partial charge in [0.15, 0.2) is 0 Å². The summed E-state index contributed by atoms with van der Waals surface area (Å²) in [6.45, 7) is 5.07. The fourth-order valence-corrected chi connectivity index (χ4v) is 1.94. The van der Waals surface area contributed by atoms with E-state index in [1.54, 1.807) is 0 Å². The topological polar surface area (TPSA) is 33.3 Å². The molecule has 1 aliphatic heterocycles. The lowest BCUT2D eigenvalue weighted by molar-refractivity contribution is 0.0293. The minimum absolute atomic E-state index is 0.393. The Balaban J connectivity index is 1.41. The molecule has 1 saturated heterocycles. The van der Waals surface area contributed by atoms with E-state index in [-0.39, 0.29) is 0 Å². The Labute approximate surface area is 86.6 Å². The summed E-state index contributed by atoms with van der Waals surface area (Å²) in [6.07, 6.45) is 6.12. The second-order valence-corrected chi connectivity index (χ2v) is 4.49. The minimum atomic E-state index is 0.393. The second kappa shape index (κ2) is 5.69. The van der Waals surface area contributed by atoms with Gasteiger partial charge < -0.3 is 15.4 Å². The summed E-state index contributed by atoms with van der Waals surface area (Å²) in [4.78, 5) is 0. The number of hydrogen-bond acceptors (Lipinski definition) is 3. The van der Waals surface area contributed by atoms with Gasteiger partial charge in [0.05, 0.1) is 12.7 Å². The summed E-state index contributed by atoms with van der Waals surface area (Å²) >= 11 is 0. The highest BCUT2D eigenvalue weighted by atomic mass is 16.5. The Hall–Kier alpha value is -0.120. The van der Waals surface area contributed by atoms with Crippen molar-refractivity contribution >= 4 is 0 Å². The third-order valence-electron chi connectivity index (χ3n) is 3.04. The van der Waals surface area contributed by atoms with Gasteiger partial charge in [0.25, 0.3) is 0 Å². The fourth-order valence-electron chi connectivity index (χ4n) is 1.94. The first-order valence-electron chi connectivity index (χ1n) is 5.98. The van der Waals surface area contributed by atoms with Crippen molar-refractivity contribution in [1.29, 1.82) is 0 Å². The molecule has 0 aromatic carbocycles. The average Bonchev–Trinajstić information content (AvgIpc) is 3.03. The summed E-state index contributed by atoms with van der Waals surface area (Å²) in [5.74, 6) is 1.07. The zero-order valence-corrected chi connectivity index (χ0v) is 8.93. The highest BCUT2D eigenvalue weighted by Gasteiger charge is 2.20. The van der Waals surface area contributed by atoms with Gasteiger partial charge in [-0.3, -0.25) is 0 Å². The number of hydrogen-bond donors (Lipinski definition) is 2. The Bertz CT molecular complexity index is 153. The van der Waals surface area contributed by atoms with E-state index in [0.29, 0.717) is 6.10 Å². The number of nitrogens with one attached hydrogen (secondary N) is 2. The van der Waals surface area contributed by atoms with Gasteiger partial charge in [-0.2, -0.15) is 0 Å². The van der Waals surface area contributed by atoms with Crippen molar-refractivity contribution in [3.05, 3.63) is 0 Å². The lowest BCUT2D eigenvalue weighted by Crippen LogP contribution is -2.44. The first kappa shape index (κ1) is 10.4. The maximum Gasteiger partial charge on any atom is 0.0824 e. The maximum absolute atomic E-state index is 5.59. The summed E-state index contributed by atoms with van der Waals surface area (Å²) in [7, 11) is 0. The van der Waals surface area contributed by atoms with Crippen LogP contribution in [0.25, 0.3) is 0 Å². The molecule has 3 heteroatoms. The van der Waals surface area contributed by atoms with E-state index in [9.17, 15) is 0 Å². The van der Waals surface area contributed by atoms with Gasteiger partial charge in [-0.05, 0) is 25.3 Å². The zero-order chi connectivity index (χ0) is 9.64. The molecule has 0 aromatic rings. The molecular formula is C11H22N2O. The van der Waals surface area contributed by atoms with E-state index in [1.165, 1.54) is 25.7 Å². The van der Waals surface area contributed by atoms with Crippen LogP contribution in [0.15, 0.2) is 0 Å². The molecule has 82 valence electrons. The molecule has 14 heavy (non-hydrogen) atoms. The second-order valence-electron chi connectivity index (χ2n) is 4.49. The van der Waals surface area contributed by atoms with Crippen LogP contribution in [-0.2, 0) is 4.74 Å². The largest absolute Gasteiger partial charge is 0.374 e. The molecule has 0 amide bonds. The SMILES string of the molecule is C(CNCC1CNCCO1)CC1CC1. The monoisotopic (exact) mass is 198 g/mol. The molecule has 2 rings (SSSR count). The normalized spacial score (nSPS) is 27.9. The quantitative estimate of drug-likeness (QED) is 0.618. The van der Waals surface area contributed by atoms with Gasteiger partial charge in [-0.15, -0.1) is 0 Å². The molecule has 2 aliphatic rings. The lowest BCUT2D eigenvalue weighted by Gasteiger charge is -2.23. The summed E-state index contributed by atoms with van der Waals surface area (Å²) in [6, 6.07) is 0. The molecular weight excluding hydrogens is 176 g/mol. The molecule has 3 nitrogen and oxygen atoms in total. The van der Waals surface area contributed by atoms with Crippen molar-refractivity contribution in [2.75, 3.05) is 32.8 Å². The van der Waals surface area contributed by atoms with Crippen LogP contribution in [0, 0.1) is 5.92 Å². The van der Waals surface area contributed by atoms with Gasteiger partial charge in [0.1, 0.15) is 0 Å².